The first-order valence-corrected chi connectivity index (χ1v) is 5.52. The van der Waals surface area contributed by atoms with E-state index in [-0.39, 0.29) is 11.6 Å². The van der Waals surface area contributed by atoms with E-state index in [9.17, 15) is 4.79 Å². The van der Waals surface area contributed by atoms with Gasteiger partial charge in [-0.3, -0.25) is 0 Å². The minimum atomic E-state index is -1.12. The molecule has 1 saturated heterocycles. The van der Waals surface area contributed by atoms with Gasteiger partial charge in [-0.25, -0.2) is 14.8 Å². The second-order valence-corrected chi connectivity index (χ2v) is 3.88. The molecule has 1 N–H and O–H groups in total. The molecule has 1 fully saturated rings. The van der Waals surface area contributed by atoms with E-state index in [2.05, 4.69) is 9.97 Å². The highest BCUT2D eigenvalue weighted by atomic mass is 16.5. The number of carboxylic acids is 1. The normalized spacial score (nSPS) is 16.7. The molecule has 6 nitrogen and oxygen atoms in total. The van der Waals surface area contributed by atoms with E-state index in [4.69, 9.17) is 14.6 Å². The summed E-state index contributed by atoms with van der Waals surface area (Å²) in [6.45, 7) is 1.93. The maximum Gasteiger partial charge on any atom is 0.360 e. The molecule has 0 atom stereocenters. The Morgan fingerprint density at radius 1 is 1.41 bits per heavy atom. The van der Waals surface area contributed by atoms with Crippen molar-refractivity contribution < 1.29 is 19.4 Å². The number of hydrogen-bond donors (Lipinski definition) is 1. The highest BCUT2D eigenvalue weighted by Gasteiger charge is 2.18. The Morgan fingerprint density at radius 2 is 2.12 bits per heavy atom. The molecule has 2 heterocycles. The Bertz CT molecular complexity index is 391. The van der Waals surface area contributed by atoms with Crippen LogP contribution in [0.5, 0.6) is 5.88 Å². The van der Waals surface area contributed by atoms with Crippen LogP contribution in [-0.4, -0.2) is 40.9 Å². The van der Waals surface area contributed by atoms with Gasteiger partial charge in [-0.2, -0.15) is 0 Å². The van der Waals surface area contributed by atoms with Crippen LogP contribution in [0.25, 0.3) is 0 Å². The van der Waals surface area contributed by atoms with Crippen molar-refractivity contribution in [3.05, 3.63) is 18.1 Å². The number of nitrogens with zero attached hydrogens (tertiary/aromatic N) is 2. The molecular weight excluding hydrogens is 224 g/mol. The molecule has 1 aromatic rings. The fourth-order valence-corrected chi connectivity index (χ4v) is 1.69. The first kappa shape index (κ1) is 11.8. The third kappa shape index (κ3) is 3.13. The summed E-state index contributed by atoms with van der Waals surface area (Å²) in [5.74, 6) is -0.640. The quantitative estimate of drug-likeness (QED) is 0.842. The average Bonchev–Trinajstić information content (AvgIpc) is 2.38. The van der Waals surface area contributed by atoms with Gasteiger partial charge in [-0.15, -0.1) is 0 Å². The summed E-state index contributed by atoms with van der Waals surface area (Å²) in [4.78, 5) is 18.5. The van der Waals surface area contributed by atoms with Crippen LogP contribution < -0.4 is 4.74 Å². The van der Waals surface area contributed by atoms with Crippen molar-refractivity contribution in [2.75, 3.05) is 19.8 Å². The lowest BCUT2D eigenvalue weighted by molar-refractivity contribution is 0.0480. The molecule has 0 saturated carbocycles. The Morgan fingerprint density at radius 3 is 2.82 bits per heavy atom. The Kier molecular flexibility index (Phi) is 3.87. The average molecular weight is 238 g/mol. The number of aromatic nitrogens is 2. The zero-order chi connectivity index (χ0) is 12.1. The largest absolute Gasteiger partial charge is 0.476 e. The van der Waals surface area contributed by atoms with Crippen molar-refractivity contribution >= 4 is 5.97 Å². The van der Waals surface area contributed by atoms with Crippen molar-refractivity contribution in [3.63, 3.8) is 0 Å². The lowest BCUT2D eigenvalue weighted by Gasteiger charge is -2.21. The van der Waals surface area contributed by atoms with Gasteiger partial charge < -0.3 is 14.6 Å². The number of carbonyl (C=O) groups is 1. The van der Waals surface area contributed by atoms with Crippen LogP contribution in [-0.2, 0) is 4.74 Å². The molecular formula is C11H14N2O4. The number of aromatic carboxylic acids is 1. The number of hydrogen-bond acceptors (Lipinski definition) is 5. The molecule has 92 valence electrons. The molecule has 0 amide bonds. The summed E-state index contributed by atoms with van der Waals surface area (Å²) in [6, 6.07) is 0. The topological polar surface area (TPSA) is 81.5 Å². The number of carboxylic acid groups (broad SMARTS) is 1. The monoisotopic (exact) mass is 238 g/mol. The lowest BCUT2D eigenvalue weighted by atomic mass is 10.0. The number of rotatable bonds is 4. The molecule has 2 rings (SSSR count). The molecule has 0 bridgehead atoms. The van der Waals surface area contributed by atoms with E-state index in [1.165, 1.54) is 12.4 Å². The summed E-state index contributed by atoms with van der Waals surface area (Å²) in [6.07, 6.45) is 4.63. The number of ether oxygens (including phenoxy) is 2. The minimum Gasteiger partial charge on any atom is -0.476 e. The summed E-state index contributed by atoms with van der Waals surface area (Å²) in [7, 11) is 0. The molecule has 1 aliphatic heterocycles. The second-order valence-electron chi connectivity index (χ2n) is 3.88. The van der Waals surface area contributed by atoms with Crippen LogP contribution in [0.1, 0.15) is 23.3 Å². The van der Waals surface area contributed by atoms with Gasteiger partial charge in [0.15, 0.2) is 0 Å². The Hall–Kier alpha value is -1.69. The summed E-state index contributed by atoms with van der Waals surface area (Å²) >= 11 is 0. The van der Waals surface area contributed by atoms with Gasteiger partial charge in [0.2, 0.25) is 11.6 Å². The smallest absolute Gasteiger partial charge is 0.360 e. The summed E-state index contributed by atoms with van der Waals surface area (Å²) in [5, 5.41) is 8.90. The van der Waals surface area contributed by atoms with Gasteiger partial charge >= 0.3 is 5.97 Å². The van der Waals surface area contributed by atoms with E-state index in [0.29, 0.717) is 12.5 Å². The van der Waals surface area contributed by atoms with Gasteiger partial charge in [0.1, 0.15) is 0 Å². The fourth-order valence-electron chi connectivity index (χ4n) is 1.69. The van der Waals surface area contributed by atoms with E-state index < -0.39 is 5.97 Å². The molecule has 17 heavy (non-hydrogen) atoms. The Balaban J connectivity index is 1.96. The summed E-state index contributed by atoms with van der Waals surface area (Å²) < 4.78 is 10.7. The van der Waals surface area contributed by atoms with Crippen LogP contribution in [0, 0.1) is 5.92 Å². The van der Waals surface area contributed by atoms with Crippen LogP contribution in [0.15, 0.2) is 12.4 Å². The zero-order valence-corrected chi connectivity index (χ0v) is 9.33. The molecule has 1 aromatic heterocycles. The molecule has 1 aliphatic rings. The van der Waals surface area contributed by atoms with E-state index in [0.717, 1.165) is 26.1 Å². The predicted molar refractivity (Wildman–Crippen MR) is 58.0 cm³/mol. The first-order chi connectivity index (χ1) is 8.27. The maximum atomic E-state index is 10.9. The van der Waals surface area contributed by atoms with Crippen molar-refractivity contribution in [2.24, 2.45) is 5.92 Å². The standard InChI is InChI=1S/C11H14N2O4/c14-11(15)9-10(13-4-3-12-9)17-7-8-1-5-16-6-2-8/h3-4,8H,1-2,5-7H2,(H,14,15). The zero-order valence-electron chi connectivity index (χ0n) is 9.33. The van der Waals surface area contributed by atoms with Crippen molar-refractivity contribution in [1.29, 1.82) is 0 Å². The molecule has 0 aromatic carbocycles. The van der Waals surface area contributed by atoms with Crippen LogP contribution in [0.3, 0.4) is 0 Å². The van der Waals surface area contributed by atoms with Crippen molar-refractivity contribution in [2.45, 2.75) is 12.8 Å². The van der Waals surface area contributed by atoms with Crippen LogP contribution in [0.2, 0.25) is 0 Å². The van der Waals surface area contributed by atoms with Gasteiger partial charge in [-0.1, -0.05) is 0 Å². The van der Waals surface area contributed by atoms with Crippen molar-refractivity contribution in [1.82, 2.24) is 9.97 Å². The van der Waals surface area contributed by atoms with E-state index >= 15 is 0 Å². The minimum absolute atomic E-state index is 0.0893. The van der Waals surface area contributed by atoms with Gasteiger partial charge in [0.25, 0.3) is 0 Å². The molecule has 0 aliphatic carbocycles. The van der Waals surface area contributed by atoms with Gasteiger partial charge in [0.05, 0.1) is 6.61 Å². The first-order valence-electron chi connectivity index (χ1n) is 5.52. The van der Waals surface area contributed by atoms with Gasteiger partial charge in [-0.05, 0) is 18.8 Å². The van der Waals surface area contributed by atoms with Crippen LogP contribution in [0.4, 0.5) is 0 Å². The van der Waals surface area contributed by atoms with Crippen LogP contribution >= 0.6 is 0 Å². The third-order valence-electron chi connectivity index (χ3n) is 2.66. The summed E-state index contributed by atoms with van der Waals surface area (Å²) in [5.41, 5.74) is -0.139. The SMILES string of the molecule is O=C(O)c1nccnc1OCC1CCOCC1. The Labute approximate surface area is 98.6 Å². The lowest BCUT2D eigenvalue weighted by Crippen LogP contribution is -2.22. The highest BCUT2D eigenvalue weighted by Crippen LogP contribution is 2.18. The molecule has 0 unspecified atom stereocenters. The van der Waals surface area contributed by atoms with E-state index in [1.807, 2.05) is 0 Å². The van der Waals surface area contributed by atoms with Gasteiger partial charge in [0, 0.05) is 25.6 Å². The molecule has 6 heteroatoms. The predicted octanol–water partition coefficient (Wildman–Crippen LogP) is 0.980. The maximum absolute atomic E-state index is 10.9. The van der Waals surface area contributed by atoms with E-state index in [1.54, 1.807) is 0 Å². The highest BCUT2D eigenvalue weighted by molar-refractivity contribution is 5.87. The molecule has 0 radical (unpaired) electrons. The third-order valence-corrected chi connectivity index (χ3v) is 2.66. The van der Waals surface area contributed by atoms with Crippen molar-refractivity contribution in [3.8, 4) is 5.88 Å². The second kappa shape index (κ2) is 5.58. The fraction of sp³-hybridized carbons (Fsp3) is 0.545. The molecule has 0 spiro atoms.